The molecule has 0 bridgehead atoms. The first-order valence-electron chi connectivity index (χ1n) is 12.0. The van der Waals surface area contributed by atoms with Crippen LogP contribution in [0.15, 0.2) is 48.5 Å². The first-order valence-corrected chi connectivity index (χ1v) is 12.0. The maximum atomic E-state index is 12.2. The molecule has 0 radical (unpaired) electrons. The molecule has 0 heterocycles. The Kier molecular flexibility index (Phi) is 12.2. The van der Waals surface area contributed by atoms with E-state index in [1.165, 1.54) is 36.8 Å². The molecule has 0 saturated carbocycles. The summed E-state index contributed by atoms with van der Waals surface area (Å²) >= 11 is 0. The summed E-state index contributed by atoms with van der Waals surface area (Å²) in [5, 5.41) is 0. The molecule has 0 amide bonds. The lowest BCUT2D eigenvalue weighted by Crippen LogP contribution is -2.21. The van der Waals surface area contributed by atoms with Crippen molar-refractivity contribution in [2.24, 2.45) is 0 Å². The van der Waals surface area contributed by atoms with Gasteiger partial charge in [-0.15, -0.1) is 9.78 Å². The summed E-state index contributed by atoms with van der Waals surface area (Å²) in [5.74, 6) is -1.27. The van der Waals surface area contributed by atoms with Crippen LogP contribution in [0, 0.1) is 0 Å². The van der Waals surface area contributed by atoms with Crippen LogP contribution in [0.25, 0.3) is 0 Å². The van der Waals surface area contributed by atoms with E-state index in [-0.39, 0.29) is 0 Å². The number of hydrogen-bond donors (Lipinski definition) is 0. The number of aryl methyl sites for hydroxylation is 2. The maximum Gasteiger partial charge on any atom is 0.373 e. The second-order valence-electron chi connectivity index (χ2n) is 8.08. The van der Waals surface area contributed by atoms with E-state index in [9.17, 15) is 9.59 Å². The summed E-state index contributed by atoms with van der Waals surface area (Å²) in [5.41, 5.74) is 3.11. The molecule has 2 rings (SSSR count). The zero-order valence-corrected chi connectivity index (χ0v) is 20.0. The zero-order valence-electron chi connectivity index (χ0n) is 20.0. The van der Waals surface area contributed by atoms with Gasteiger partial charge in [0.05, 0.1) is 11.1 Å². The molecule has 0 aliphatic rings. The van der Waals surface area contributed by atoms with E-state index in [2.05, 4.69) is 13.8 Å². The van der Waals surface area contributed by atoms with Gasteiger partial charge < -0.3 is 0 Å². The van der Waals surface area contributed by atoms with E-state index >= 15 is 0 Å². The third-order valence-corrected chi connectivity index (χ3v) is 5.31. The van der Waals surface area contributed by atoms with Gasteiger partial charge in [-0.1, -0.05) is 70.7 Å². The summed E-state index contributed by atoms with van der Waals surface area (Å²) in [4.78, 5) is 44.2. The van der Waals surface area contributed by atoms with Gasteiger partial charge in [-0.25, -0.2) is 9.59 Å². The van der Waals surface area contributed by atoms with Gasteiger partial charge in [0.1, 0.15) is 0 Å². The lowest BCUT2D eigenvalue weighted by molar-refractivity contribution is -0.420. The molecule has 2 aromatic carbocycles. The Morgan fingerprint density at radius 3 is 1.36 bits per heavy atom. The van der Waals surface area contributed by atoms with E-state index in [4.69, 9.17) is 19.6 Å². The molecule has 0 N–H and O–H groups in total. The summed E-state index contributed by atoms with van der Waals surface area (Å²) in [6.45, 7) is 6.09. The van der Waals surface area contributed by atoms with Crippen molar-refractivity contribution in [1.82, 2.24) is 0 Å². The van der Waals surface area contributed by atoms with E-state index in [0.29, 0.717) is 17.5 Å². The number of benzene rings is 2. The molecule has 6 nitrogen and oxygen atoms in total. The molecule has 0 fully saturated rings. The number of hydrogen-bond acceptors (Lipinski definition) is 6. The fourth-order valence-corrected chi connectivity index (χ4v) is 3.22. The van der Waals surface area contributed by atoms with Gasteiger partial charge in [-0.05, 0) is 61.1 Å². The number of carbonyl (C=O) groups excluding carboxylic acids is 2. The van der Waals surface area contributed by atoms with Gasteiger partial charge >= 0.3 is 11.9 Å². The normalized spacial score (nSPS) is 10.9. The number of rotatable bonds is 15. The van der Waals surface area contributed by atoms with Crippen molar-refractivity contribution in [2.45, 2.75) is 84.8 Å². The Labute approximate surface area is 197 Å². The first kappa shape index (κ1) is 26.6. The van der Waals surface area contributed by atoms with Crippen LogP contribution in [0.1, 0.15) is 97.6 Å². The molecule has 0 atom stereocenters. The van der Waals surface area contributed by atoms with E-state index in [0.717, 1.165) is 25.7 Å². The molecule has 0 aliphatic heterocycles. The average molecular weight is 457 g/mol. The molecule has 2 aromatic rings. The third kappa shape index (κ3) is 9.76. The molecule has 180 valence electrons. The topological polar surface area (TPSA) is 71.1 Å². The van der Waals surface area contributed by atoms with Crippen LogP contribution in [0.3, 0.4) is 0 Å². The third-order valence-electron chi connectivity index (χ3n) is 5.31. The fraction of sp³-hybridized carbons (Fsp3) is 0.481. The Bertz CT molecular complexity index is 759. The SMILES string of the molecule is CCCCCc1ccc(C(=O)OOC(CC)OOC(=O)c2ccc(CCCCC)cc2)cc1. The molecular weight excluding hydrogens is 420 g/mol. The van der Waals surface area contributed by atoms with Gasteiger partial charge in [0.25, 0.3) is 0 Å². The maximum absolute atomic E-state index is 12.2. The molecule has 33 heavy (non-hydrogen) atoms. The monoisotopic (exact) mass is 456 g/mol. The van der Waals surface area contributed by atoms with Crippen molar-refractivity contribution >= 4 is 11.9 Å². The van der Waals surface area contributed by atoms with Crippen molar-refractivity contribution in [3.05, 3.63) is 70.8 Å². The lowest BCUT2D eigenvalue weighted by Gasteiger charge is -2.13. The quantitative estimate of drug-likeness (QED) is 0.128. The van der Waals surface area contributed by atoms with E-state index in [1.807, 2.05) is 24.3 Å². The molecular formula is C27H36O6. The highest BCUT2D eigenvalue weighted by atomic mass is 17.3. The highest BCUT2D eigenvalue weighted by Gasteiger charge is 2.18. The Morgan fingerprint density at radius 1 is 0.636 bits per heavy atom. The first-order chi connectivity index (χ1) is 16.1. The van der Waals surface area contributed by atoms with Crippen molar-refractivity contribution in [3.63, 3.8) is 0 Å². The van der Waals surface area contributed by atoms with E-state index < -0.39 is 18.2 Å². The van der Waals surface area contributed by atoms with Gasteiger partial charge in [0, 0.05) is 6.42 Å². The van der Waals surface area contributed by atoms with E-state index in [1.54, 1.807) is 31.2 Å². The van der Waals surface area contributed by atoms with Crippen LogP contribution >= 0.6 is 0 Å². The predicted molar refractivity (Wildman–Crippen MR) is 126 cm³/mol. The average Bonchev–Trinajstić information content (AvgIpc) is 2.85. The van der Waals surface area contributed by atoms with Crippen LogP contribution in [0.5, 0.6) is 0 Å². The largest absolute Gasteiger partial charge is 0.373 e. The molecule has 0 aliphatic carbocycles. The van der Waals surface area contributed by atoms with Gasteiger partial charge in [-0.3, -0.25) is 9.78 Å². The second-order valence-corrected chi connectivity index (χ2v) is 8.08. The summed E-state index contributed by atoms with van der Waals surface area (Å²) < 4.78 is 0. The van der Waals surface area contributed by atoms with Crippen molar-refractivity contribution in [1.29, 1.82) is 0 Å². The molecule has 0 aromatic heterocycles. The summed E-state index contributed by atoms with van der Waals surface area (Å²) in [6, 6.07) is 14.5. The second kappa shape index (κ2) is 15.2. The highest BCUT2D eigenvalue weighted by molar-refractivity contribution is 5.89. The molecule has 0 saturated heterocycles. The Morgan fingerprint density at radius 2 is 1.03 bits per heavy atom. The Hall–Kier alpha value is -2.70. The van der Waals surface area contributed by atoms with Gasteiger partial charge in [0.2, 0.25) is 6.29 Å². The van der Waals surface area contributed by atoms with Crippen LogP contribution in [-0.2, 0) is 32.4 Å². The smallest absolute Gasteiger partial charge is 0.290 e. The zero-order chi connectivity index (χ0) is 23.9. The minimum atomic E-state index is -1.03. The van der Waals surface area contributed by atoms with Crippen molar-refractivity contribution in [2.75, 3.05) is 0 Å². The predicted octanol–water partition coefficient (Wildman–Crippen LogP) is 6.77. The molecule has 0 unspecified atom stereocenters. The molecule has 6 heteroatoms. The van der Waals surface area contributed by atoms with Gasteiger partial charge in [0.15, 0.2) is 0 Å². The number of carbonyl (C=O) groups is 2. The number of unbranched alkanes of at least 4 members (excludes halogenated alkanes) is 4. The lowest BCUT2D eigenvalue weighted by atomic mass is 10.1. The van der Waals surface area contributed by atoms with Crippen LogP contribution in [-0.4, -0.2) is 18.2 Å². The van der Waals surface area contributed by atoms with Gasteiger partial charge in [-0.2, -0.15) is 0 Å². The van der Waals surface area contributed by atoms with Crippen molar-refractivity contribution < 1.29 is 29.1 Å². The van der Waals surface area contributed by atoms with Crippen LogP contribution in [0.2, 0.25) is 0 Å². The standard InChI is InChI=1S/C27H36O6/c1-4-7-9-11-21-13-17-23(18-14-21)26(28)32-30-25(6-3)31-33-27(29)24-19-15-22(16-20-24)12-10-8-5-2/h13-20,25H,4-12H2,1-3H3. The minimum Gasteiger partial charge on any atom is -0.290 e. The minimum absolute atomic E-state index is 0.313. The van der Waals surface area contributed by atoms with Crippen LogP contribution in [0.4, 0.5) is 0 Å². The fourth-order valence-electron chi connectivity index (χ4n) is 3.22. The van der Waals surface area contributed by atoms with Crippen molar-refractivity contribution in [3.8, 4) is 0 Å². The summed E-state index contributed by atoms with van der Waals surface area (Å²) in [6.07, 6.45) is 8.22. The van der Waals surface area contributed by atoms with Crippen LogP contribution < -0.4 is 0 Å². The summed E-state index contributed by atoms with van der Waals surface area (Å²) in [7, 11) is 0. The highest BCUT2D eigenvalue weighted by Crippen LogP contribution is 2.13. The molecule has 0 spiro atoms. The Balaban J connectivity index is 1.75.